The summed E-state index contributed by atoms with van der Waals surface area (Å²) in [5, 5.41) is 11.2. The number of halogens is 1. The van der Waals surface area contributed by atoms with Gasteiger partial charge in [0.1, 0.15) is 0 Å². The summed E-state index contributed by atoms with van der Waals surface area (Å²) in [5.41, 5.74) is 1.40. The Morgan fingerprint density at radius 2 is 1.70 bits per heavy atom. The third kappa shape index (κ3) is 4.51. The zero-order chi connectivity index (χ0) is 15.2. The van der Waals surface area contributed by atoms with Gasteiger partial charge in [-0.15, -0.1) is 12.4 Å². The van der Waals surface area contributed by atoms with E-state index in [1.165, 1.54) is 5.56 Å². The average Bonchev–Trinajstić information content (AvgIpc) is 3.10. The van der Waals surface area contributed by atoms with Crippen LogP contribution in [0.25, 0.3) is 0 Å². The maximum Gasteiger partial charge on any atom is 0.200 e. The first-order valence-electron chi connectivity index (χ1n) is 7.95. The van der Waals surface area contributed by atoms with Crippen LogP contribution in [0.2, 0.25) is 0 Å². The zero-order valence-electron chi connectivity index (χ0n) is 13.2. The van der Waals surface area contributed by atoms with E-state index in [0.717, 1.165) is 38.9 Å². The Morgan fingerprint density at radius 3 is 2.30 bits per heavy atom. The Kier molecular flexibility index (Phi) is 6.52. The van der Waals surface area contributed by atoms with Gasteiger partial charge in [0.2, 0.25) is 6.19 Å². The smallest absolute Gasteiger partial charge is 0.200 e. The number of rotatable bonds is 5. The molecular weight excluding hydrogens is 308 g/mol. The molecule has 4 nitrogen and oxygen atoms in total. The van der Waals surface area contributed by atoms with Gasteiger partial charge in [0.15, 0.2) is 0 Å². The fraction of sp³-hybridized carbons (Fsp3) is 0.389. The van der Waals surface area contributed by atoms with Crippen LogP contribution in [-0.4, -0.2) is 35.3 Å². The molecule has 1 aromatic carbocycles. The summed E-state index contributed by atoms with van der Waals surface area (Å²) in [7, 11) is 0. The number of benzene rings is 1. The summed E-state index contributed by atoms with van der Waals surface area (Å²) in [6.45, 7) is 3.24. The number of nitriles is 1. The molecular formula is C18H23ClN4. The summed E-state index contributed by atoms with van der Waals surface area (Å²) in [6.07, 6.45) is 9.38. The lowest BCUT2D eigenvalue weighted by atomic mass is 10.0. The largest absolute Gasteiger partial charge is 0.303 e. The van der Waals surface area contributed by atoms with Crippen molar-refractivity contribution in [2.24, 2.45) is 0 Å². The summed E-state index contributed by atoms with van der Waals surface area (Å²) in [5.74, 6) is 0. The topological polar surface area (TPSA) is 35.2 Å². The molecule has 5 heteroatoms. The van der Waals surface area contributed by atoms with Crippen molar-refractivity contribution in [3.63, 3.8) is 0 Å². The van der Waals surface area contributed by atoms with E-state index in [1.54, 1.807) is 5.01 Å². The van der Waals surface area contributed by atoms with E-state index in [2.05, 4.69) is 41.4 Å². The first-order valence-corrected chi connectivity index (χ1v) is 7.95. The summed E-state index contributed by atoms with van der Waals surface area (Å²) < 4.78 is 1.89. The van der Waals surface area contributed by atoms with Crippen LogP contribution in [0.5, 0.6) is 0 Å². The molecule has 1 aromatic heterocycles. The van der Waals surface area contributed by atoms with Gasteiger partial charge in [-0.3, -0.25) is 4.68 Å². The molecule has 0 saturated carbocycles. The van der Waals surface area contributed by atoms with Crippen molar-refractivity contribution in [3.05, 3.63) is 60.4 Å². The van der Waals surface area contributed by atoms with Gasteiger partial charge in [0.05, 0.1) is 6.04 Å². The fourth-order valence-electron chi connectivity index (χ4n) is 3.11. The van der Waals surface area contributed by atoms with E-state index in [-0.39, 0.29) is 12.4 Å². The molecule has 0 amide bonds. The predicted molar refractivity (Wildman–Crippen MR) is 95.1 cm³/mol. The molecule has 0 aliphatic carbocycles. The molecule has 1 saturated heterocycles. The summed E-state index contributed by atoms with van der Waals surface area (Å²) >= 11 is 0. The molecule has 2 aromatic rings. The molecule has 0 spiro atoms. The predicted octanol–water partition coefficient (Wildman–Crippen LogP) is 3.04. The third-order valence-electron chi connectivity index (χ3n) is 4.40. The fourth-order valence-corrected chi connectivity index (χ4v) is 3.11. The summed E-state index contributed by atoms with van der Waals surface area (Å²) in [6, 6.07) is 14.9. The van der Waals surface area contributed by atoms with Gasteiger partial charge in [0.25, 0.3) is 0 Å². The highest BCUT2D eigenvalue weighted by molar-refractivity contribution is 5.85. The molecule has 0 radical (unpaired) electrons. The van der Waals surface area contributed by atoms with Gasteiger partial charge in [-0.2, -0.15) is 5.26 Å². The normalized spacial score (nSPS) is 15.6. The molecule has 3 rings (SSSR count). The molecule has 0 unspecified atom stereocenters. The van der Waals surface area contributed by atoms with Crippen molar-refractivity contribution in [1.82, 2.24) is 9.58 Å². The van der Waals surface area contributed by atoms with Crippen molar-refractivity contribution in [1.29, 1.82) is 5.26 Å². The molecule has 0 bridgehead atoms. The second kappa shape index (κ2) is 8.61. The van der Waals surface area contributed by atoms with Gasteiger partial charge < -0.3 is 4.90 Å². The van der Waals surface area contributed by atoms with E-state index in [1.807, 2.05) is 29.2 Å². The van der Waals surface area contributed by atoms with E-state index in [4.69, 9.17) is 0 Å². The van der Waals surface area contributed by atoms with Gasteiger partial charge in [-0.1, -0.05) is 30.3 Å². The quantitative estimate of drug-likeness (QED) is 0.624. The van der Waals surface area contributed by atoms with Crippen molar-refractivity contribution in [2.45, 2.75) is 25.3 Å². The number of piperidine rings is 1. The highest BCUT2D eigenvalue weighted by Crippen LogP contribution is 2.16. The Balaban J connectivity index is 0.00000192. The standard InChI is InChI=1S/C18H22N4.ClH/c19-16-22(21-11-4-5-12-21)18-9-14-20(15-10-18)13-8-17-6-2-1-3-7-17;/h1-7,11-12,18H,8-10,13-15H2;1H. The molecule has 1 aliphatic heterocycles. The number of nitrogens with zero attached hydrogens (tertiary/aromatic N) is 4. The maximum atomic E-state index is 9.41. The lowest BCUT2D eigenvalue weighted by Crippen LogP contribution is -2.47. The summed E-state index contributed by atoms with van der Waals surface area (Å²) in [4.78, 5) is 2.51. The monoisotopic (exact) mass is 330 g/mol. The van der Waals surface area contributed by atoms with E-state index < -0.39 is 0 Å². The van der Waals surface area contributed by atoms with Crippen molar-refractivity contribution < 1.29 is 0 Å². The Morgan fingerprint density at radius 1 is 1.04 bits per heavy atom. The Hall–Kier alpha value is -1.96. The minimum absolute atomic E-state index is 0. The minimum Gasteiger partial charge on any atom is -0.303 e. The number of hydrogen-bond donors (Lipinski definition) is 0. The van der Waals surface area contributed by atoms with Crippen LogP contribution in [0.3, 0.4) is 0 Å². The minimum atomic E-state index is 0. The van der Waals surface area contributed by atoms with Crippen LogP contribution >= 0.6 is 12.4 Å². The van der Waals surface area contributed by atoms with Crippen molar-refractivity contribution in [2.75, 3.05) is 24.6 Å². The lowest BCUT2D eigenvalue weighted by Gasteiger charge is -2.36. The first-order chi connectivity index (χ1) is 10.9. The van der Waals surface area contributed by atoms with Crippen LogP contribution in [0.4, 0.5) is 0 Å². The van der Waals surface area contributed by atoms with Gasteiger partial charge in [-0.25, -0.2) is 5.01 Å². The molecule has 2 heterocycles. The zero-order valence-corrected chi connectivity index (χ0v) is 14.0. The van der Waals surface area contributed by atoms with Crippen LogP contribution in [0.1, 0.15) is 18.4 Å². The second-order valence-corrected chi connectivity index (χ2v) is 5.82. The first kappa shape index (κ1) is 17.4. The molecule has 23 heavy (non-hydrogen) atoms. The lowest BCUT2D eigenvalue weighted by molar-refractivity contribution is 0.207. The molecule has 1 aliphatic rings. The molecule has 1 fully saturated rings. The van der Waals surface area contributed by atoms with Crippen LogP contribution in [0, 0.1) is 11.5 Å². The maximum absolute atomic E-state index is 9.41. The highest BCUT2D eigenvalue weighted by Gasteiger charge is 2.24. The van der Waals surface area contributed by atoms with Crippen molar-refractivity contribution in [3.8, 4) is 6.19 Å². The van der Waals surface area contributed by atoms with Gasteiger partial charge in [-0.05, 0) is 37.0 Å². The number of aromatic nitrogens is 1. The second-order valence-electron chi connectivity index (χ2n) is 5.82. The Bertz CT molecular complexity index is 598. The Labute approximate surface area is 144 Å². The van der Waals surface area contributed by atoms with E-state index in [9.17, 15) is 5.26 Å². The van der Waals surface area contributed by atoms with Crippen LogP contribution < -0.4 is 5.01 Å². The van der Waals surface area contributed by atoms with Crippen molar-refractivity contribution >= 4 is 12.4 Å². The molecule has 0 atom stereocenters. The highest BCUT2D eigenvalue weighted by atomic mass is 35.5. The van der Waals surface area contributed by atoms with Crippen LogP contribution in [0.15, 0.2) is 54.9 Å². The molecule has 122 valence electrons. The number of hydrogen-bond acceptors (Lipinski definition) is 3. The third-order valence-corrected chi connectivity index (χ3v) is 4.40. The van der Waals surface area contributed by atoms with E-state index >= 15 is 0 Å². The van der Waals surface area contributed by atoms with Gasteiger partial charge >= 0.3 is 0 Å². The SMILES string of the molecule is Cl.N#CN(C1CCN(CCc2ccccc2)CC1)n1cccc1. The average molecular weight is 331 g/mol. The molecule has 0 N–H and O–H groups in total. The van der Waals surface area contributed by atoms with E-state index in [0.29, 0.717) is 6.04 Å². The van der Waals surface area contributed by atoms with Crippen LogP contribution in [-0.2, 0) is 6.42 Å². The number of likely N-dealkylation sites (tertiary alicyclic amines) is 1. The van der Waals surface area contributed by atoms with Gasteiger partial charge in [0, 0.05) is 32.0 Å².